The highest BCUT2D eigenvalue weighted by molar-refractivity contribution is 6.31. The molecule has 0 bridgehead atoms. The summed E-state index contributed by atoms with van der Waals surface area (Å²) in [4.78, 5) is 41.8. The minimum absolute atomic E-state index is 0.125. The molecule has 5 rings (SSSR count). The fourth-order valence-electron chi connectivity index (χ4n) is 4.83. The fourth-order valence-corrected chi connectivity index (χ4v) is 5.00. The molecule has 2 heterocycles. The van der Waals surface area contributed by atoms with Crippen LogP contribution in [0.2, 0.25) is 5.02 Å². The smallest absolute Gasteiger partial charge is 0.313 e. The summed E-state index contributed by atoms with van der Waals surface area (Å²) in [6.45, 7) is 1.70. The largest absolute Gasteiger partial charge is 0.425 e. The van der Waals surface area contributed by atoms with Crippen molar-refractivity contribution in [2.45, 2.75) is 25.3 Å². The number of rotatable bonds is 4. The SMILES string of the molecule is CC(=O)C1=C(c2ccccc2)OC(=O)CC12C(=O)N(Cc1ccccc1)c1ccc(Cl)cc12. The Labute approximate surface area is 196 Å². The predicted molar refractivity (Wildman–Crippen MR) is 126 cm³/mol. The van der Waals surface area contributed by atoms with E-state index < -0.39 is 11.4 Å². The van der Waals surface area contributed by atoms with E-state index >= 15 is 0 Å². The van der Waals surface area contributed by atoms with Crippen molar-refractivity contribution >= 4 is 40.7 Å². The second kappa shape index (κ2) is 8.01. The van der Waals surface area contributed by atoms with Crippen molar-refractivity contribution in [1.82, 2.24) is 0 Å². The standard InChI is InChI=1S/C27H20ClNO4/c1-17(30)24-25(19-10-6-3-7-11-19)33-23(31)15-27(24)21-14-20(28)12-13-22(21)29(26(27)32)16-18-8-4-2-5-9-18/h2-14H,15-16H2,1H3. The van der Waals surface area contributed by atoms with Crippen LogP contribution in [-0.4, -0.2) is 17.7 Å². The van der Waals surface area contributed by atoms with Crippen LogP contribution < -0.4 is 4.90 Å². The first-order valence-corrected chi connectivity index (χ1v) is 11.0. The molecule has 0 radical (unpaired) electrons. The van der Waals surface area contributed by atoms with Gasteiger partial charge in [0.1, 0.15) is 11.2 Å². The maximum absolute atomic E-state index is 14.2. The van der Waals surface area contributed by atoms with E-state index in [2.05, 4.69) is 0 Å². The minimum Gasteiger partial charge on any atom is -0.425 e. The number of halogens is 1. The molecule has 5 nitrogen and oxygen atoms in total. The van der Waals surface area contributed by atoms with Gasteiger partial charge in [0.2, 0.25) is 5.91 Å². The number of hydrogen-bond donors (Lipinski definition) is 0. The Bertz CT molecular complexity index is 1320. The summed E-state index contributed by atoms with van der Waals surface area (Å²) in [6.07, 6.45) is -0.268. The number of ether oxygens (including phenoxy) is 1. The summed E-state index contributed by atoms with van der Waals surface area (Å²) in [5.74, 6) is -1.11. The lowest BCUT2D eigenvalue weighted by molar-refractivity contribution is -0.142. The van der Waals surface area contributed by atoms with Crippen LogP contribution in [0.5, 0.6) is 0 Å². The van der Waals surface area contributed by atoms with Gasteiger partial charge in [-0.15, -0.1) is 0 Å². The molecule has 33 heavy (non-hydrogen) atoms. The summed E-state index contributed by atoms with van der Waals surface area (Å²) in [5, 5.41) is 0.422. The highest BCUT2D eigenvalue weighted by Gasteiger charge is 2.59. The van der Waals surface area contributed by atoms with Crippen molar-refractivity contribution in [3.8, 4) is 0 Å². The van der Waals surface area contributed by atoms with E-state index in [0.29, 0.717) is 28.4 Å². The second-order valence-electron chi connectivity index (χ2n) is 8.22. The molecule has 1 unspecified atom stereocenters. The minimum atomic E-state index is -1.50. The fraction of sp³-hybridized carbons (Fsp3) is 0.148. The van der Waals surface area contributed by atoms with Gasteiger partial charge in [0, 0.05) is 16.3 Å². The summed E-state index contributed by atoms with van der Waals surface area (Å²) in [7, 11) is 0. The van der Waals surface area contributed by atoms with Gasteiger partial charge < -0.3 is 9.64 Å². The molecule has 164 valence electrons. The van der Waals surface area contributed by atoms with Gasteiger partial charge in [-0.2, -0.15) is 0 Å². The van der Waals surface area contributed by atoms with E-state index in [-0.39, 0.29) is 29.4 Å². The van der Waals surface area contributed by atoms with Crippen LogP contribution in [0, 0.1) is 0 Å². The van der Waals surface area contributed by atoms with Gasteiger partial charge >= 0.3 is 5.97 Å². The maximum atomic E-state index is 14.2. The van der Waals surface area contributed by atoms with Crippen LogP contribution in [0.3, 0.4) is 0 Å². The van der Waals surface area contributed by atoms with E-state index in [1.165, 1.54) is 6.92 Å². The molecule has 1 spiro atoms. The van der Waals surface area contributed by atoms with Gasteiger partial charge in [-0.1, -0.05) is 72.3 Å². The molecule has 3 aromatic rings. The number of hydrogen-bond acceptors (Lipinski definition) is 4. The first-order chi connectivity index (χ1) is 15.9. The number of nitrogens with zero attached hydrogens (tertiary/aromatic N) is 1. The van der Waals surface area contributed by atoms with Crippen molar-refractivity contribution in [1.29, 1.82) is 0 Å². The zero-order valence-electron chi connectivity index (χ0n) is 17.9. The number of carbonyl (C=O) groups is 3. The van der Waals surface area contributed by atoms with Gasteiger partial charge in [-0.05, 0) is 36.2 Å². The summed E-state index contributed by atoms with van der Waals surface area (Å²) in [6, 6.07) is 23.7. The van der Waals surface area contributed by atoms with Gasteiger partial charge in [-0.3, -0.25) is 14.4 Å². The molecule has 2 aliphatic heterocycles. The van der Waals surface area contributed by atoms with Crippen LogP contribution in [0.25, 0.3) is 5.76 Å². The number of anilines is 1. The topological polar surface area (TPSA) is 63.7 Å². The molecular weight excluding hydrogens is 438 g/mol. The van der Waals surface area contributed by atoms with E-state index in [0.717, 1.165) is 5.56 Å². The molecule has 0 fully saturated rings. The molecule has 3 aromatic carbocycles. The van der Waals surface area contributed by atoms with Crippen LogP contribution >= 0.6 is 11.6 Å². The first kappa shape index (κ1) is 21.2. The number of cyclic esters (lactones) is 1. The molecule has 0 N–H and O–H groups in total. The third-order valence-electron chi connectivity index (χ3n) is 6.17. The Balaban J connectivity index is 1.78. The lowest BCUT2D eigenvalue weighted by Gasteiger charge is -2.35. The highest BCUT2D eigenvalue weighted by atomic mass is 35.5. The Morgan fingerprint density at radius 1 is 1.00 bits per heavy atom. The van der Waals surface area contributed by atoms with E-state index in [9.17, 15) is 14.4 Å². The lowest BCUT2D eigenvalue weighted by atomic mass is 9.69. The third-order valence-corrected chi connectivity index (χ3v) is 6.41. The molecular formula is C27H20ClNO4. The molecule has 0 saturated carbocycles. The Morgan fingerprint density at radius 3 is 2.33 bits per heavy atom. The highest BCUT2D eigenvalue weighted by Crippen LogP contribution is 2.54. The summed E-state index contributed by atoms with van der Waals surface area (Å²) >= 11 is 6.35. The average molecular weight is 458 g/mol. The van der Waals surface area contributed by atoms with E-state index in [1.54, 1.807) is 47.4 Å². The van der Waals surface area contributed by atoms with Gasteiger partial charge in [0.05, 0.1) is 18.5 Å². The normalized spacial score (nSPS) is 19.6. The second-order valence-corrected chi connectivity index (χ2v) is 8.66. The third kappa shape index (κ3) is 3.36. The quantitative estimate of drug-likeness (QED) is 0.513. The van der Waals surface area contributed by atoms with Gasteiger partial charge in [-0.25, -0.2) is 0 Å². The number of Topliss-reactive ketones (excluding diaryl/α,β-unsaturated/α-hetero) is 1. The van der Waals surface area contributed by atoms with Gasteiger partial charge in [0.15, 0.2) is 5.78 Å². The van der Waals surface area contributed by atoms with Crippen molar-refractivity contribution in [2.75, 3.05) is 4.90 Å². The Kier molecular flexibility index (Phi) is 5.14. The van der Waals surface area contributed by atoms with E-state index in [4.69, 9.17) is 16.3 Å². The molecule has 1 amide bonds. The molecule has 0 aromatic heterocycles. The molecule has 0 aliphatic carbocycles. The number of amides is 1. The van der Waals surface area contributed by atoms with Crippen molar-refractivity contribution < 1.29 is 19.1 Å². The van der Waals surface area contributed by atoms with Crippen LogP contribution in [0.15, 0.2) is 84.4 Å². The number of fused-ring (bicyclic) bond motifs is 2. The maximum Gasteiger partial charge on any atom is 0.313 e. The Hall–Kier alpha value is -3.70. The number of ketones is 1. The van der Waals surface area contributed by atoms with Crippen LogP contribution in [-0.2, 0) is 31.1 Å². The number of benzene rings is 3. The molecule has 0 saturated heterocycles. The lowest BCUT2D eigenvalue weighted by Crippen LogP contribution is -2.47. The zero-order chi connectivity index (χ0) is 23.2. The zero-order valence-corrected chi connectivity index (χ0v) is 18.6. The molecule has 2 aliphatic rings. The van der Waals surface area contributed by atoms with Crippen molar-refractivity contribution in [3.05, 3.63) is 106 Å². The average Bonchev–Trinajstić information content (AvgIpc) is 3.02. The van der Waals surface area contributed by atoms with Crippen molar-refractivity contribution in [3.63, 3.8) is 0 Å². The summed E-state index contributed by atoms with van der Waals surface area (Å²) in [5.41, 5.74) is 1.35. The predicted octanol–water partition coefficient (Wildman–Crippen LogP) is 5.07. The summed E-state index contributed by atoms with van der Waals surface area (Å²) < 4.78 is 5.60. The first-order valence-electron chi connectivity index (χ1n) is 10.6. The molecule has 6 heteroatoms. The van der Waals surface area contributed by atoms with E-state index in [1.807, 2.05) is 36.4 Å². The van der Waals surface area contributed by atoms with Gasteiger partial charge in [0.25, 0.3) is 0 Å². The number of carbonyl (C=O) groups excluding carboxylic acids is 3. The van der Waals surface area contributed by atoms with Crippen LogP contribution in [0.1, 0.15) is 30.0 Å². The molecule has 1 atom stereocenters. The monoisotopic (exact) mass is 457 g/mol. The Morgan fingerprint density at radius 2 is 1.67 bits per heavy atom. The van der Waals surface area contributed by atoms with Crippen LogP contribution in [0.4, 0.5) is 5.69 Å². The van der Waals surface area contributed by atoms with Crippen molar-refractivity contribution in [2.24, 2.45) is 0 Å². The number of esters is 1.